The van der Waals surface area contributed by atoms with Crippen molar-refractivity contribution >= 4 is 24.3 Å². The first-order valence-electron chi connectivity index (χ1n) is 8.63. The minimum atomic E-state index is -4.36. The van der Waals surface area contributed by atoms with Gasteiger partial charge in [0, 0.05) is 6.54 Å². The maximum Gasteiger partial charge on any atom is 0.416 e. The molecule has 156 valence electrons. The highest BCUT2D eigenvalue weighted by atomic mass is 35.5. The van der Waals surface area contributed by atoms with Crippen molar-refractivity contribution < 1.29 is 17.9 Å². The van der Waals surface area contributed by atoms with Gasteiger partial charge in [0.25, 0.3) is 0 Å². The van der Waals surface area contributed by atoms with Crippen LogP contribution in [0.2, 0.25) is 0 Å². The predicted octanol–water partition coefficient (Wildman–Crippen LogP) is 3.54. The number of nitrogens with two attached hydrogens (primary N) is 2. The molecule has 6 nitrogen and oxygen atoms in total. The number of ether oxygens (including phenoxy) is 1. The molecule has 3 rings (SSSR count). The Hall–Kier alpha value is -2.94. The summed E-state index contributed by atoms with van der Waals surface area (Å²) in [6.07, 6.45) is -4.18. The molecule has 0 saturated heterocycles. The van der Waals surface area contributed by atoms with Crippen LogP contribution >= 0.6 is 12.4 Å². The van der Waals surface area contributed by atoms with Gasteiger partial charge >= 0.3 is 6.18 Å². The molecule has 0 amide bonds. The van der Waals surface area contributed by atoms with Crippen molar-refractivity contribution in [1.29, 1.82) is 0 Å². The SMILES string of the molecule is Cl.NC1=NC(c2ccccc2)N(CCCOc2ccc(C(F)(F)F)cc2)C(N)=N1. The number of nitrogens with zero attached hydrogens (tertiary/aromatic N) is 3. The topological polar surface area (TPSA) is 89.2 Å². The summed E-state index contributed by atoms with van der Waals surface area (Å²) in [6, 6.07) is 14.1. The van der Waals surface area contributed by atoms with Gasteiger partial charge < -0.3 is 21.1 Å². The molecule has 0 saturated carbocycles. The number of aliphatic imine (C=N–C) groups is 2. The van der Waals surface area contributed by atoms with E-state index in [0.29, 0.717) is 25.3 Å². The van der Waals surface area contributed by atoms with Crippen molar-refractivity contribution in [2.75, 3.05) is 13.2 Å². The van der Waals surface area contributed by atoms with E-state index in [1.807, 2.05) is 35.2 Å². The summed E-state index contributed by atoms with van der Waals surface area (Å²) < 4.78 is 43.3. The predicted molar refractivity (Wildman–Crippen MR) is 108 cm³/mol. The molecule has 2 aromatic rings. The maximum absolute atomic E-state index is 12.6. The van der Waals surface area contributed by atoms with Gasteiger partial charge in [0.05, 0.1) is 12.2 Å². The molecule has 0 radical (unpaired) electrons. The average molecular weight is 428 g/mol. The fourth-order valence-electron chi connectivity index (χ4n) is 2.81. The normalized spacial score (nSPS) is 16.5. The summed E-state index contributed by atoms with van der Waals surface area (Å²) in [5.41, 5.74) is 12.0. The zero-order chi connectivity index (χ0) is 20.1. The number of hydrogen-bond acceptors (Lipinski definition) is 6. The van der Waals surface area contributed by atoms with Crippen LogP contribution in [0.15, 0.2) is 64.6 Å². The minimum absolute atomic E-state index is 0. The van der Waals surface area contributed by atoms with Gasteiger partial charge in [0.1, 0.15) is 5.75 Å². The monoisotopic (exact) mass is 427 g/mol. The quantitative estimate of drug-likeness (QED) is 0.690. The third kappa shape index (κ3) is 5.77. The minimum Gasteiger partial charge on any atom is -0.494 e. The number of halogens is 4. The van der Waals surface area contributed by atoms with E-state index in [1.54, 1.807) is 0 Å². The van der Waals surface area contributed by atoms with Crippen molar-refractivity contribution in [3.8, 4) is 5.75 Å². The van der Waals surface area contributed by atoms with Crippen LogP contribution in [-0.4, -0.2) is 30.0 Å². The number of guanidine groups is 2. The Kier molecular flexibility index (Phi) is 7.33. The highest BCUT2D eigenvalue weighted by molar-refractivity contribution is 5.95. The van der Waals surface area contributed by atoms with Gasteiger partial charge in [0.2, 0.25) is 11.9 Å². The third-order valence-corrected chi connectivity index (χ3v) is 4.16. The Morgan fingerprint density at radius 1 is 1.00 bits per heavy atom. The van der Waals surface area contributed by atoms with E-state index < -0.39 is 11.7 Å². The van der Waals surface area contributed by atoms with Gasteiger partial charge in [-0.3, -0.25) is 0 Å². The van der Waals surface area contributed by atoms with Crippen molar-refractivity contribution in [3.63, 3.8) is 0 Å². The summed E-state index contributed by atoms with van der Waals surface area (Å²) in [6.45, 7) is 0.794. The first kappa shape index (κ1) is 22.4. The van der Waals surface area contributed by atoms with Crippen LogP contribution in [0, 0.1) is 0 Å². The fraction of sp³-hybridized carbons (Fsp3) is 0.263. The van der Waals surface area contributed by atoms with E-state index in [2.05, 4.69) is 9.98 Å². The van der Waals surface area contributed by atoms with Crippen molar-refractivity contribution in [2.45, 2.75) is 18.8 Å². The highest BCUT2D eigenvalue weighted by Gasteiger charge is 2.30. The average Bonchev–Trinajstić information content (AvgIpc) is 2.66. The molecule has 0 aromatic heterocycles. The molecule has 1 atom stereocenters. The zero-order valence-electron chi connectivity index (χ0n) is 15.3. The molecule has 1 unspecified atom stereocenters. The van der Waals surface area contributed by atoms with Crippen LogP contribution in [0.5, 0.6) is 5.75 Å². The van der Waals surface area contributed by atoms with E-state index in [4.69, 9.17) is 16.2 Å². The lowest BCUT2D eigenvalue weighted by Gasteiger charge is -2.32. The second kappa shape index (κ2) is 9.51. The summed E-state index contributed by atoms with van der Waals surface area (Å²) in [5.74, 6) is 0.745. The van der Waals surface area contributed by atoms with Crippen LogP contribution in [-0.2, 0) is 6.18 Å². The Morgan fingerprint density at radius 2 is 1.66 bits per heavy atom. The molecule has 0 aliphatic carbocycles. The van der Waals surface area contributed by atoms with Crippen LogP contribution in [0.3, 0.4) is 0 Å². The second-order valence-electron chi connectivity index (χ2n) is 6.16. The Balaban J connectivity index is 0.00000300. The summed E-state index contributed by atoms with van der Waals surface area (Å²) in [4.78, 5) is 10.2. The largest absolute Gasteiger partial charge is 0.494 e. The highest BCUT2D eigenvalue weighted by Crippen LogP contribution is 2.30. The smallest absolute Gasteiger partial charge is 0.416 e. The summed E-state index contributed by atoms with van der Waals surface area (Å²) >= 11 is 0. The molecule has 1 aliphatic heterocycles. The van der Waals surface area contributed by atoms with Crippen LogP contribution in [0.4, 0.5) is 13.2 Å². The molecule has 1 aliphatic rings. The number of hydrogen-bond donors (Lipinski definition) is 2. The summed E-state index contributed by atoms with van der Waals surface area (Å²) in [5, 5.41) is 0. The molecule has 1 heterocycles. The molecule has 0 fully saturated rings. The number of rotatable bonds is 6. The molecular formula is C19H21ClF3N5O. The number of benzene rings is 2. The molecule has 2 aromatic carbocycles. The van der Waals surface area contributed by atoms with Gasteiger partial charge in [-0.15, -0.1) is 12.4 Å². The lowest BCUT2D eigenvalue weighted by Crippen LogP contribution is -2.44. The Labute approximate surface area is 172 Å². The Morgan fingerprint density at radius 3 is 2.28 bits per heavy atom. The van der Waals surface area contributed by atoms with E-state index in [9.17, 15) is 13.2 Å². The van der Waals surface area contributed by atoms with Crippen LogP contribution < -0.4 is 16.2 Å². The molecule has 4 N–H and O–H groups in total. The molecule has 10 heteroatoms. The zero-order valence-corrected chi connectivity index (χ0v) is 16.2. The molecule has 0 bridgehead atoms. The van der Waals surface area contributed by atoms with E-state index >= 15 is 0 Å². The second-order valence-corrected chi connectivity index (χ2v) is 6.16. The van der Waals surface area contributed by atoms with Gasteiger partial charge in [0.15, 0.2) is 6.17 Å². The van der Waals surface area contributed by atoms with Crippen LogP contribution in [0.1, 0.15) is 23.7 Å². The maximum atomic E-state index is 12.6. The van der Waals surface area contributed by atoms with Crippen LogP contribution in [0.25, 0.3) is 0 Å². The first-order valence-corrected chi connectivity index (χ1v) is 8.63. The van der Waals surface area contributed by atoms with Crippen molar-refractivity contribution in [2.24, 2.45) is 21.5 Å². The lowest BCUT2D eigenvalue weighted by atomic mass is 10.1. The van der Waals surface area contributed by atoms with Crippen molar-refractivity contribution in [3.05, 3.63) is 65.7 Å². The summed E-state index contributed by atoms with van der Waals surface area (Å²) in [7, 11) is 0. The number of alkyl halides is 3. The van der Waals surface area contributed by atoms with Gasteiger partial charge in [-0.1, -0.05) is 30.3 Å². The molecular weight excluding hydrogens is 407 g/mol. The van der Waals surface area contributed by atoms with Gasteiger partial charge in [-0.25, -0.2) is 4.99 Å². The van der Waals surface area contributed by atoms with Gasteiger partial charge in [-0.2, -0.15) is 18.2 Å². The Bertz CT molecular complexity index is 856. The van der Waals surface area contributed by atoms with Gasteiger partial charge in [-0.05, 0) is 36.2 Å². The third-order valence-electron chi connectivity index (χ3n) is 4.16. The fourth-order valence-corrected chi connectivity index (χ4v) is 2.81. The van der Waals surface area contributed by atoms with E-state index in [0.717, 1.165) is 17.7 Å². The first-order chi connectivity index (χ1) is 13.3. The van der Waals surface area contributed by atoms with Crippen molar-refractivity contribution in [1.82, 2.24) is 4.90 Å². The van der Waals surface area contributed by atoms with E-state index in [1.165, 1.54) is 12.1 Å². The standard InChI is InChI=1S/C19H20F3N5O.ClH/c20-19(21,22)14-7-9-15(10-8-14)28-12-4-11-27-16(13-5-2-1-3-6-13)25-17(23)26-18(27)24;/h1-3,5-10,16H,4,11-12H2,(H4,23,24,25,26);1H. The van der Waals surface area contributed by atoms with E-state index in [-0.39, 0.29) is 30.5 Å². The lowest BCUT2D eigenvalue weighted by molar-refractivity contribution is -0.137. The molecule has 29 heavy (non-hydrogen) atoms. The molecule has 0 spiro atoms.